The van der Waals surface area contributed by atoms with Crippen molar-refractivity contribution in [3.8, 4) is 0 Å². The van der Waals surface area contributed by atoms with E-state index in [1.807, 2.05) is 6.92 Å². The minimum Gasteiger partial charge on any atom is -0.384 e. The highest BCUT2D eigenvalue weighted by molar-refractivity contribution is 6.31. The predicted molar refractivity (Wildman–Crippen MR) is 77.5 cm³/mol. The number of aromatic amines is 1. The lowest BCUT2D eigenvalue weighted by Crippen LogP contribution is -2.40. The Hall–Kier alpha value is -1.56. The zero-order valence-electron chi connectivity index (χ0n) is 11.3. The molecule has 0 amide bonds. The minimum atomic E-state index is -0.766. The van der Waals surface area contributed by atoms with Crippen molar-refractivity contribution in [2.45, 2.75) is 38.6 Å². The monoisotopic (exact) mass is 299 g/mol. The third-order valence-corrected chi connectivity index (χ3v) is 4.22. The summed E-state index contributed by atoms with van der Waals surface area (Å²) in [6.45, 7) is 2.05. The number of nitrogen functional groups attached to an aromatic ring is 1. The first-order valence-corrected chi connectivity index (χ1v) is 7.24. The van der Waals surface area contributed by atoms with Crippen molar-refractivity contribution in [1.82, 2.24) is 9.55 Å². The van der Waals surface area contributed by atoms with Gasteiger partial charge in [0.1, 0.15) is 11.4 Å². The van der Waals surface area contributed by atoms with Gasteiger partial charge in [0, 0.05) is 6.04 Å². The van der Waals surface area contributed by atoms with E-state index in [-0.39, 0.29) is 29.2 Å². The Kier molecular flexibility index (Phi) is 4.32. The SMILES string of the molecule is C[C@H]1CCCC[C@H]1n1c(N)c(C(=O)CCl)c(=O)[nH]c1=O. The Morgan fingerprint density at radius 3 is 2.65 bits per heavy atom. The number of nitrogens with one attached hydrogen (secondary N) is 1. The zero-order chi connectivity index (χ0) is 14.9. The molecule has 1 aromatic heterocycles. The second-order valence-corrected chi connectivity index (χ2v) is 5.54. The van der Waals surface area contributed by atoms with Crippen LogP contribution in [-0.2, 0) is 0 Å². The van der Waals surface area contributed by atoms with E-state index in [1.165, 1.54) is 4.57 Å². The van der Waals surface area contributed by atoms with Gasteiger partial charge >= 0.3 is 5.69 Å². The van der Waals surface area contributed by atoms with E-state index in [0.29, 0.717) is 0 Å². The number of H-pyrrole nitrogens is 1. The first-order valence-electron chi connectivity index (χ1n) is 6.70. The Morgan fingerprint density at radius 1 is 1.40 bits per heavy atom. The number of carbonyl (C=O) groups excluding carboxylic acids is 1. The standard InChI is InChI=1S/C13H18ClN3O3/c1-7-4-2-3-5-8(7)17-11(15)10(9(18)6-14)12(19)16-13(17)20/h7-8H,2-6,15H2,1H3,(H,16,19,20)/t7-,8+/m0/s1. The summed E-state index contributed by atoms with van der Waals surface area (Å²) in [5, 5.41) is 0. The zero-order valence-corrected chi connectivity index (χ0v) is 12.1. The molecule has 0 aliphatic heterocycles. The smallest absolute Gasteiger partial charge is 0.330 e. The average Bonchev–Trinajstić information content (AvgIpc) is 2.40. The third-order valence-electron chi connectivity index (χ3n) is 3.98. The summed E-state index contributed by atoms with van der Waals surface area (Å²) in [6, 6.07) is -0.0880. The summed E-state index contributed by atoms with van der Waals surface area (Å²) in [5.74, 6) is -0.703. The molecular formula is C13H18ClN3O3. The summed E-state index contributed by atoms with van der Waals surface area (Å²) in [4.78, 5) is 37.7. The number of anilines is 1. The fourth-order valence-corrected chi connectivity index (χ4v) is 3.05. The van der Waals surface area contributed by atoms with Gasteiger partial charge in [0.2, 0.25) is 0 Å². The van der Waals surface area contributed by atoms with Crippen LogP contribution in [0, 0.1) is 5.92 Å². The number of ketones is 1. The fraction of sp³-hybridized carbons (Fsp3) is 0.615. The first kappa shape index (κ1) is 14.8. The van der Waals surface area contributed by atoms with E-state index in [4.69, 9.17) is 17.3 Å². The second kappa shape index (κ2) is 5.83. The summed E-state index contributed by atoms with van der Waals surface area (Å²) in [7, 11) is 0. The number of nitrogens with two attached hydrogens (primary N) is 1. The van der Waals surface area contributed by atoms with Gasteiger partial charge < -0.3 is 5.73 Å². The Morgan fingerprint density at radius 2 is 2.05 bits per heavy atom. The third kappa shape index (κ3) is 2.52. The number of nitrogens with zero attached hydrogens (tertiary/aromatic N) is 1. The number of Topliss-reactive ketones (excluding diaryl/α,β-unsaturated/α-hetero) is 1. The lowest BCUT2D eigenvalue weighted by Gasteiger charge is -2.31. The molecular weight excluding hydrogens is 282 g/mol. The molecule has 1 aromatic rings. The van der Waals surface area contributed by atoms with Crippen LogP contribution in [0.2, 0.25) is 0 Å². The molecule has 7 heteroatoms. The summed E-state index contributed by atoms with van der Waals surface area (Å²) in [5.41, 5.74) is 4.38. The molecule has 0 bridgehead atoms. The van der Waals surface area contributed by atoms with E-state index in [0.717, 1.165) is 25.7 Å². The number of halogens is 1. The lowest BCUT2D eigenvalue weighted by atomic mass is 9.85. The van der Waals surface area contributed by atoms with Crippen LogP contribution in [0.3, 0.4) is 0 Å². The quantitative estimate of drug-likeness (QED) is 0.649. The molecule has 2 atom stereocenters. The Bertz CT molecular complexity index is 635. The predicted octanol–water partition coefficient (Wildman–Crippen LogP) is 1.29. The van der Waals surface area contributed by atoms with Crippen molar-refractivity contribution < 1.29 is 4.79 Å². The van der Waals surface area contributed by atoms with Gasteiger partial charge in [-0.1, -0.05) is 19.8 Å². The van der Waals surface area contributed by atoms with Crippen LogP contribution in [0.15, 0.2) is 9.59 Å². The van der Waals surface area contributed by atoms with Crippen LogP contribution >= 0.6 is 11.6 Å². The van der Waals surface area contributed by atoms with Crippen molar-refractivity contribution in [1.29, 1.82) is 0 Å². The molecule has 1 saturated carbocycles. The van der Waals surface area contributed by atoms with E-state index in [9.17, 15) is 14.4 Å². The maximum absolute atomic E-state index is 12.1. The topological polar surface area (TPSA) is 97.9 Å². The van der Waals surface area contributed by atoms with Crippen molar-refractivity contribution in [2.24, 2.45) is 5.92 Å². The molecule has 6 nitrogen and oxygen atoms in total. The van der Waals surface area contributed by atoms with Gasteiger partial charge in [-0.25, -0.2) is 4.79 Å². The van der Waals surface area contributed by atoms with Gasteiger partial charge in [0.15, 0.2) is 5.78 Å². The second-order valence-electron chi connectivity index (χ2n) is 5.28. The van der Waals surface area contributed by atoms with E-state index in [1.54, 1.807) is 0 Å². The summed E-state index contributed by atoms with van der Waals surface area (Å²) < 4.78 is 1.35. The van der Waals surface area contributed by atoms with Crippen LogP contribution in [0.25, 0.3) is 0 Å². The normalized spacial score (nSPS) is 22.7. The van der Waals surface area contributed by atoms with Crippen molar-refractivity contribution >= 4 is 23.2 Å². The number of aromatic nitrogens is 2. The van der Waals surface area contributed by atoms with Crippen LogP contribution in [0.4, 0.5) is 5.82 Å². The lowest BCUT2D eigenvalue weighted by molar-refractivity contribution is 0.101. The summed E-state index contributed by atoms with van der Waals surface area (Å²) >= 11 is 5.49. The highest BCUT2D eigenvalue weighted by Crippen LogP contribution is 2.33. The molecule has 0 radical (unpaired) electrons. The molecule has 1 fully saturated rings. The Balaban J connectivity index is 2.61. The maximum Gasteiger partial charge on any atom is 0.330 e. The van der Waals surface area contributed by atoms with Gasteiger partial charge in [0.05, 0.1) is 5.88 Å². The van der Waals surface area contributed by atoms with Crippen LogP contribution in [0.5, 0.6) is 0 Å². The number of carbonyl (C=O) groups is 1. The van der Waals surface area contributed by atoms with Crippen LogP contribution in [0.1, 0.15) is 49.0 Å². The molecule has 1 aliphatic rings. The molecule has 20 heavy (non-hydrogen) atoms. The molecule has 2 rings (SSSR count). The average molecular weight is 300 g/mol. The van der Waals surface area contributed by atoms with Gasteiger partial charge in [-0.3, -0.25) is 19.1 Å². The molecule has 0 spiro atoms. The minimum absolute atomic E-state index is 0.0665. The summed E-state index contributed by atoms with van der Waals surface area (Å²) in [6.07, 6.45) is 3.92. The largest absolute Gasteiger partial charge is 0.384 e. The molecule has 0 unspecified atom stereocenters. The highest BCUT2D eigenvalue weighted by Gasteiger charge is 2.28. The Labute approximate surface area is 120 Å². The van der Waals surface area contributed by atoms with Crippen molar-refractivity contribution in [3.05, 3.63) is 26.4 Å². The van der Waals surface area contributed by atoms with Crippen LogP contribution < -0.4 is 17.0 Å². The van der Waals surface area contributed by atoms with E-state index in [2.05, 4.69) is 4.98 Å². The van der Waals surface area contributed by atoms with Gasteiger partial charge in [-0.15, -0.1) is 11.6 Å². The number of rotatable bonds is 3. The number of alkyl halides is 1. The molecule has 0 aromatic carbocycles. The van der Waals surface area contributed by atoms with E-state index < -0.39 is 17.0 Å². The molecule has 1 heterocycles. The van der Waals surface area contributed by atoms with Crippen molar-refractivity contribution in [2.75, 3.05) is 11.6 Å². The van der Waals surface area contributed by atoms with Crippen LogP contribution in [-0.4, -0.2) is 21.2 Å². The molecule has 0 saturated heterocycles. The maximum atomic E-state index is 12.1. The molecule has 1 aliphatic carbocycles. The van der Waals surface area contributed by atoms with Gasteiger partial charge in [0.25, 0.3) is 5.56 Å². The molecule has 3 N–H and O–H groups in total. The van der Waals surface area contributed by atoms with E-state index >= 15 is 0 Å². The fourth-order valence-electron chi connectivity index (χ4n) is 2.91. The van der Waals surface area contributed by atoms with Gasteiger partial charge in [-0.05, 0) is 18.8 Å². The van der Waals surface area contributed by atoms with Crippen molar-refractivity contribution in [3.63, 3.8) is 0 Å². The highest BCUT2D eigenvalue weighted by atomic mass is 35.5. The number of hydrogen-bond acceptors (Lipinski definition) is 4. The number of hydrogen-bond donors (Lipinski definition) is 2. The molecule has 110 valence electrons. The van der Waals surface area contributed by atoms with Gasteiger partial charge in [-0.2, -0.15) is 0 Å². The first-order chi connectivity index (χ1) is 9.47.